The van der Waals surface area contributed by atoms with Crippen molar-refractivity contribution in [3.63, 3.8) is 0 Å². The fourth-order valence-electron chi connectivity index (χ4n) is 4.07. The highest BCUT2D eigenvalue weighted by Gasteiger charge is 2.32. The summed E-state index contributed by atoms with van der Waals surface area (Å²) in [6.45, 7) is 0.736. The lowest BCUT2D eigenvalue weighted by Gasteiger charge is -2.32. The molecule has 1 atom stereocenters. The number of hydrogen-bond acceptors (Lipinski definition) is 2. The van der Waals surface area contributed by atoms with E-state index in [2.05, 4.69) is 22.6 Å². The van der Waals surface area contributed by atoms with Crippen molar-refractivity contribution in [1.29, 1.82) is 0 Å². The van der Waals surface area contributed by atoms with Gasteiger partial charge >= 0.3 is 0 Å². The van der Waals surface area contributed by atoms with Gasteiger partial charge < -0.3 is 16.0 Å². The van der Waals surface area contributed by atoms with E-state index >= 15 is 0 Å². The lowest BCUT2D eigenvalue weighted by atomic mass is 9.75. The number of nitrogens with two attached hydrogens (primary N) is 1. The van der Waals surface area contributed by atoms with E-state index in [-0.39, 0.29) is 5.91 Å². The Bertz CT molecular complexity index is 682. The zero-order valence-corrected chi connectivity index (χ0v) is 12.1. The van der Waals surface area contributed by atoms with Crippen LogP contribution >= 0.6 is 0 Å². The van der Waals surface area contributed by atoms with Crippen LogP contribution in [-0.4, -0.2) is 23.5 Å². The maximum atomic E-state index is 12.3. The molecule has 4 N–H and O–H groups in total. The molecule has 0 bridgehead atoms. The van der Waals surface area contributed by atoms with E-state index in [9.17, 15) is 4.79 Å². The first kappa shape index (κ1) is 12.9. The number of amides is 1. The Morgan fingerprint density at radius 1 is 1.14 bits per heavy atom. The second kappa shape index (κ2) is 4.88. The molecule has 2 aliphatic rings. The maximum Gasteiger partial charge on any atom is 0.251 e. The van der Waals surface area contributed by atoms with Crippen LogP contribution in [0.25, 0.3) is 10.9 Å². The molecule has 4 nitrogen and oxygen atoms in total. The van der Waals surface area contributed by atoms with Gasteiger partial charge in [0.05, 0.1) is 0 Å². The first-order chi connectivity index (χ1) is 10.2. The van der Waals surface area contributed by atoms with Crippen LogP contribution in [0.2, 0.25) is 0 Å². The van der Waals surface area contributed by atoms with Gasteiger partial charge in [-0.2, -0.15) is 0 Å². The summed E-state index contributed by atoms with van der Waals surface area (Å²) in [6, 6.07) is 6.28. The molecular formula is C17H21N3O. The number of carbonyl (C=O) groups is 1. The van der Waals surface area contributed by atoms with E-state index in [0.29, 0.717) is 17.9 Å². The summed E-state index contributed by atoms with van der Waals surface area (Å²) in [5, 5.41) is 4.23. The monoisotopic (exact) mass is 283 g/mol. The molecule has 0 spiro atoms. The Hall–Kier alpha value is -1.81. The van der Waals surface area contributed by atoms with E-state index in [1.165, 1.54) is 5.56 Å². The molecule has 0 radical (unpaired) electrons. The lowest BCUT2D eigenvalue weighted by molar-refractivity contribution is 0.0950. The van der Waals surface area contributed by atoms with E-state index in [1.54, 1.807) is 0 Å². The third kappa shape index (κ3) is 2.05. The van der Waals surface area contributed by atoms with Crippen LogP contribution in [0.3, 0.4) is 0 Å². The van der Waals surface area contributed by atoms with Gasteiger partial charge in [-0.3, -0.25) is 4.79 Å². The molecule has 21 heavy (non-hydrogen) atoms. The summed E-state index contributed by atoms with van der Waals surface area (Å²) < 4.78 is 0. The minimum absolute atomic E-state index is 0.0523. The average Bonchev–Trinajstić information content (AvgIpc) is 2.86. The van der Waals surface area contributed by atoms with Crippen molar-refractivity contribution in [2.45, 2.75) is 37.6 Å². The Balaban J connectivity index is 1.78. The van der Waals surface area contributed by atoms with Crippen LogP contribution in [0.1, 0.15) is 47.5 Å². The number of rotatable bonds is 1. The standard InChI is InChI=1S/C17H21N3O/c18-11-6-4-10(5-7-11)13-8-20-17(21)12-2-1-3-15-16(12)14(13)9-19-15/h1-3,9-11,13,19H,4-8,18H2,(H,20,21). The zero-order chi connectivity index (χ0) is 14.4. The minimum Gasteiger partial charge on any atom is -0.361 e. The highest BCUT2D eigenvalue weighted by atomic mass is 16.1. The second-order valence-corrected chi connectivity index (χ2v) is 6.46. The molecule has 2 aromatic rings. The molecule has 1 aromatic carbocycles. The largest absolute Gasteiger partial charge is 0.361 e. The Labute approximate surface area is 124 Å². The minimum atomic E-state index is 0.0523. The van der Waals surface area contributed by atoms with Crippen LogP contribution in [0.5, 0.6) is 0 Å². The third-order valence-corrected chi connectivity index (χ3v) is 5.25. The van der Waals surface area contributed by atoms with Crippen molar-refractivity contribution < 1.29 is 4.79 Å². The van der Waals surface area contributed by atoms with Gasteiger partial charge in [-0.25, -0.2) is 0 Å². The molecule has 4 rings (SSSR count). The van der Waals surface area contributed by atoms with Crippen molar-refractivity contribution in [2.24, 2.45) is 11.7 Å². The predicted molar refractivity (Wildman–Crippen MR) is 83.3 cm³/mol. The average molecular weight is 283 g/mol. The number of carbonyl (C=O) groups excluding carboxylic acids is 1. The summed E-state index contributed by atoms with van der Waals surface area (Å²) in [5.41, 5.74) is 9.21. The fraction of sp³-hybridized carbons (Fsp3) is 0.471. The van der Waals surface area contributed by atoms with Gasteiger partial charge in [-0.1, -0.05) is 6.07 Å². The number of aromatic nitrogens is 1. The summed E-state index contributed by atoms with van der Waals surface area (Å²) in [6.07, 6.45) is 6.63. The van der Waals surface area contributed by atoms with E-state index in [0.717, 1.165) is 48.7 Å². The van der Waals surface area contributed by atoms with Gasteiger partial charge in [0.1, 0.15) is 0 Å². The number of nitrogens with one attached hydrogen (secondary N) is 2. The predicted octanol–water partition coefficient (Wildman–Crippen LogP) is 2.51. The van der Waals surface area contributed by atoms with E-state index in [4.69, 9.17) is 5.73 Å². The van der Waals surface area contributed by atoms with Crippen LogP contribution in [0.4, 0.5) is 0 Å². The van der Waals surface area contributed by atoms with Gasteiger partial charge in [0, 0.05) is 41.2 Å². The number of H-pyrrole nitrogens is 1. The maximum absolute atomic E-state index is 12.3. The van der Waals surface area contributed by atoms with Crippen molar-refractivity contribution in [2.75, 3.05) is 6.54 Å². The van der Waals surface area contributed by atoms with Crippen LogP contribution in [0, 0.1) is 5.92 Å². The summed E-state index contributed by atoms with van der Waals surface area (Å²) in [5.74, 6) is 1.07. The number of aromatic amines is 1. The summed E-state index contributed by atoms with van der Waals surface area (Å²) in [4.78, 5) is 15.7. The Morgan fingerprint density at radius 3 is 2.76 bits per heavy atom. The number of benzene rings is 1. The van der Waals surface area contributed by atoms with Gasteiger partial charge in [-0.05, 0) is 49.3 Å². The first-order valence-electron chi connectivity index (χ1n) is 7.88. The Morgan fingerprint density at radius 2 is 1.95 bits per heavy atom. The van der Waals surface area contributed by atoms with E-state index in [1.807, 2.05) is 12.1 Å². The molecule has 0 saturated heterocycles. The van der Waals surface area contributed by atoms with Gasteiger partial charge in [0.15, 0.2) is 0 Å². The molecule has 2 heterocycles. The topological polar surface area (TPSA) is 70.9 Å². The first-order valence-corrected chi connectivity index (χ1v) is 7.88. The van der Waals surface area contributed by atoms with Crippen LogP contribution in [0.15, 0.2) is 24.4 Å². The zero-order valence-electron chi connectivity index (χ0n) is 12.1. The molecule has 1 saturated carbocycles. The highest BCUT2D eigenvalue weighted by molar-refractivity contribution is 6.08. The third-order valence-electron chi connectivity index (χ3n) is 5.25. The van der Waals surface area contributed by atoms with Crippen molar-refractivity contribution in [3.8, 4) is 0 Å². The van der Waals surface area contributed by atoms with Crippen molar-refractivity contribution in [1.82, 2.24) is 10.3 Å². The molecule has 1 unspecified atom stereocenters. The quantitative estimate of drug-likeness (QED) is 0.752. The molecule has 110 valence electrons. The molecule has 1 fully saturated rings. The lowest BCUT2D eigenvalue weighted by Crippen LogP contribution is -2.33. The molecular weight excluding hydrogens is 262 g/mol. The summed E-state index contributed by atoms with van der Waals surface area (Å²) >= 11 is 0. The second-order valence-electron chi connectivity index (χ2n) is 6.46. The molecule has 1 amide bonds. The SMILES string of the molecule is NC1CCC(C2CNC(=O)c3cccc4[nH]cc2c34)CC1. The van der Waals surface area contributed by atoms with Crippen molar-refractivity contribution >= 4 is 16.8 Å². The van der Waals surface area contributed by atoms with Crippen LogP contribution in [-0.2, 0) is 0 Å². The summed E-state index contributed by atoms with van der Waals surface area (Å²) in [7, 11) is 0. The normalized spacial score (nSPS) is 29.2. The van der Waals surface area contributed by atoms with Crippen LogP contribution < -0.4 is 11.1 Å². The smallest absolute Gasteiger partial charge is 0.251 e. The highest BCUT2D eigenvalue weighted by Crippen LogP contribution is 2.40. The fourth-order valence-corrected chi connectivity index (χ4v) is 4.07. The number of hydrogen-bond donors (Lipinski definition) is 3. The molecule has 1 aromatic heterocycles. The van der Waals surface area contributed by atoms with E-state index < -0.39 is 0 Å². The van der Waals surface area contributed by atoms with Gasteiger partial charge in [0.25, 0.3) is 5.91 Å². The van der Waals surface area contributed by atoms with Gasteiger partial charge in [-0.15, -0.1) is 0 Å². The van der Waals surface area contributed by atoms with Gasteiger partial charge in [0.2, 0.25) is 0 Å². The van der Waals surface area contributed by atoms with Crippen molar-refractivity contribution in [3.05, 3.63) is 35.5 Å². The molecule has 1 aliphatic heterocycles. The Kier molecular flexibility index (Phi) is 3.00. The molecule has 4 heteroatoms. The molecule has 1 aliphatic carbocycles.